The molecule has 4 heteroatoms. The third-order valence-electron chi connectivity index (χ3n) is 1.22. The number of rotatable bonds is 4. The molecule has 0 saturated heterocycles. The van der Waals surface area contributed by atoms with E-state index < -0.39 is 10.9 Å². The van der Waals surface area contributed by atoms with E-state index in [9.17, 15) is 4.79 Å². The predicted molar refractivity (Wildman–Crippen MR) is 41.1 cm³/mol. The zero-order valence-electron chi connectivity index (χ0n) is 5.87. The van der Waals surface area contributed by atoms with Gasteiger partial charge in [0.25, 0.3) is 0 Å². The lowest BCUT2D eigenvalue weighted by Crippen LogP contribution is -2.31. The minimum atomic E-state index is -1.84. The maximum atomic E-state index is 10.2. The first kappa shape index (κ1) is 9.78. The van der Waals surface area contributed by atoms with Crippen molar-refractivity contribution in [2.75, 3.05) is 0 Å². The molecule has 0 fully saturated rings. The van der Waals surface area contributed by atoms with Crippen molar-refractivity contribution in [2.24, 2.45) is 0 Å². The second-order valence-corrected chi connectivity index (χ2v) is 2.97. The van der Waals surface area contributed by atoms with Crippen LogP contribution >= 0.6 is 12.6 Å². The van der Waals surface area contributed by atoms with Gasteiger partial charge in [0.2, 0.25) is 4.93 Å². The van der Waals surface area contributed by atoms with Gasteiger partial charge in [-0.3, -0.25) is 0 Å². The Morgan fingerprint density at radius 2 is 2.20 bits per heavy atom. The van der Waals surface area contributed by atoms with Crippen molar-refractivity contribution in [3.8, 4) is 0 Å². The van der Waals surface area contributed by atoms with Crippen molar-refractivity contribution >= 4 is 18.6 Å². The van der Waals surface area contributed by atoms with Crippen LogP contribution in [0.3, 0.4) is 0 Å². The van der Waals surface area contributed by atoms with Gasteiger partial charge in [-0.05, 0) is 12.8 Å². The number of unbranched alkanes of at least 4 members (excludes halogenated alkanes) is 1. The molecular formula is C6H12O3S. The molecule has 1 unspecified atom stereocenters. The Morgan fingerprint density at radius 3 is 2.50 bits per heavy atom. The van der Waals surface area contributed by atoms with E-state index in [1.165, 1.54) is 0 Å². The molecule has 0 aromatic rings. The van der Waals surface area contributed by atoms with E-state index in [-0.39, 0.29) is 6.42 Å². The molecule has 0 radical (unpaired) electrons. The predicted octanol–water partition coefficient (Wildman–Crippen LogP) is 0.880. The molecule has 60 valence electrons. The van der Waals surface area contributed by atoms with Crippen molar-refractivity contribution in [1.29, 1.82) is 0 Å². The maximum Gasteiger partial charge on any atom is 0.346 e. The fourth-order valence-corrected chi connectivity index (χ4v) is 0.688. The zero-order valence-corrected chi connectivity index (χ0v) is 6.77. The van der Waals surface area contributed by atoms with E-state index in [2.05, 4.69) is 12.6 Å². The average molecular weight is 164 g/mol. The maximum absolute atomic E-state index is 10.2. The number of hydrogen-bond donors (Lipinski definition) is 3. The molecular weight excluding hydrogens is 152 g/mol. The Balaban J connectivity index is 3.75. The lowest BCUT2D eigenvalue weighted by Gasteiger charge is -2.15. The fraction of sp³-hybridized carbons (Fsp3) is 0.833. The largest absolute Gasteiger partial charge is 0.478 e. The van der Waals surface area contributed by atoms with Gasteiger partial charge in [0.1, 0.15) is 0 Å². The topological polar surface area (TPSA) is 57.5 Å². The molecule has 0 aromatic carbocycles. The van der Waals surface area contributed by atoms with E-state index in [4.69, 9.17) is 10.2 Å². The van der Waals surface area contributed by atoms with E-state index in [0.717, 1.165) is 6.42 Å². The lowest BCUT2D eigenvalue weighted by atomic mass is 10.1. The lowest BCUT2D eigenvalue weighted by molar-refractivity contribution is -0.149. The molecule has 10 heavy (non-hydrogen) atoms. The van der Waals surface area contributed by atoms with Crippen molar-refractivity contribution < 1.29 is 15.0 Å². The van der Waals surface area contributed by atoms with Crippen molar-refractivity contribution in [2.45, 2.75) is 31.1 Å². The highest BCUT2D eigenvalue weighted by atomic mass is 32.1. The molecule has 0 aliphatic rings. The molecule has 3 nitrogen and oxygen atoms in total. The molecule has 0 spiro atoms. The second kappa shape index (κ2) is 3.83. The number of carbonyl (C=O) groups is 1. The molecule has 0 saturated carbocycles. The Bertz CT molecular complexity index is 122. The van der Waals surface area contributed by atoms with Gasteiger partial charge < -0.3 is 10.2 Å². The third-order valence-corrected chi connectivity index (χ3v) is 1.64. The summed E-state index contributed by atoms with van der Waals surface area (Å²) in [6.07, 6.45) is 1.73. The number of aliphatic carboxylic acids is 1. The van der Waals surface area contributed by atoms with Crippen LogP contribution in [0, 0.1) is 0 Å². The molecule has 2 N–H and O–H groups in total. The molecule has 0 aliphatic heterocycles. The summed E-state index contributed by atoms with van der Waals surface area (Å²) in [7, 11) is 0. The quantitative estimate of drug-likeness (QED) is 0.427. The molecule has 0 heterocycles. The van der Waals surface area contributed by atoms with Crippen LogP contribution in [0.25, 0.3) is 0 Å². The SMILES string of the molecule is CCCCC(O)(S)C(=O)O. The molecule has 0 bridgehead atoms. The standard InChI is InChI=1S/C6H12O3S/c1-2-3-4-6(9,10)5(7)8/h9-10H,2-4H2,1H3,(H,7,8). The first-order valence-corrected chi connectivity index (χ1v) is 3.63. The van der Waals surface area contributed by atoms with Crippen LogP contribution in [0.5, 0.6) is 0 Å². The molecule has 0 rings (SSSR count). The molecule has 0 aliphatic carbocycles. The van der Waals surface area contributed by atoms with Crippen LogP contribution < -0.4 is 0 Å². The second-order valence-electron chi connectivity index (χ2n) is 2.23. The molecule has 1 atom stereocenters. The summed E-state index contributed by atoms with van der Waals surface area (Å²) in [6.45, 7) is 1.92. The van der Waals surface area contributed by atoms with Gasteiger partial charge in [0, 0.05) is 0 Å². The van der Waals surface area contributed by atoms with Crippen LogP contribution in [0.2, 0.25) is 0 Å². The van der Waals surface area contributed by atoms with Crippen LogP contribution in [0.4, 0.5) is 0 Å². The number of aliphatic hydroxyl groups is 1. The number of thiol groups is 1. The summed E-state index contributed by atoms with van der Waals surface area (Å²) in [6, 6.07) is 0. The van der Waals surface area contributed by atoms with Crippen LogP contribution in [0.1, 0.15) is 26.2 Å². The number of hydrogen-bond acceptors (Lipinski definition) is 3. The van der Waals surface area contributed by atoms with Gasteiger partial charge in [0.05, 0.1) is 0 Å². The van der Waals surface area contributed by atoms with Crippen LogP contribution in [-0.2, 0) is 4.79 Å². The normalized spacial score (nSPS) is 16.3. The summed E-state index contributed by atoms with van der Waals surface area (Å²) in [5.74, 6) is -1.27. The summed E-state index contributed by atoms with van der Waals surface area (Å²) in [5, 5.41) is 17.3. The van der Waals surface area contributed by atoms with E-state index in [1.807, 2.05) is 6.92 Å². The Hall–Kier alpha value is -0.220. The van der Waals surface area contributed by atoms with Crippen LogP contribution in [0.15, 0.2) is 0 Å². The highest BCUT2D eigenvalue weighted by Gasteiger charge is 2.29. The van der Waals surface area contributed by atoms with Gasteiger partial charge >= 0.3 is 5.97 Å². The van der Waals surface area contributed by atoms with Crippen molar-refractivity contribution in [3.05, 3.63) is 0 Å². The van der Waals surface area contributed by atoms with Gasteiger partial charge in [-0.2, -0.15) is 0 Å². The minimum absolute atomic E-state index is 0.196. The smallest absolute Gasteiger partial charge is 0.346 e. The van der Waals surface area contributed by atoms with Crippen LogP contribution in [-0.4, -0.2) is 21.1 Å². The zero-order chi connectivity index (χ0) is 8.20. The van der Waals surface area contributed by atoms with Gasteiger partial charge in [-0.25, -0.2) is 4.79 Å². The summed E-state index contributed by atoms with van der Waals surface area (Å²) in [4.78, 5) is 8.36. The van der Waals surface area contributed by atoms with Crippen molar-refractivity contribution in [3.63, 3.8) is 0 Å². The van der Waals surface area contributed by atoms with E-state index in [0.29, 0.717) is 6.42 Å². The van der Waals surface area contributed by atoms with Crippen molar-refractivity contribution in [1.82, 2.24) is 0 Å². The summed E-state index contributed by atoms with van der Waals surface area (Å²) >= 11 is 3.57. The first-order chi connectivity index (χ1) is 4.50. The minimum Gasteiger partial charge on any atom is -0.478 e. The Labute approximate surface area is 65.5 Å². The Morgan fingerprint density at radius 1 is 1.70 bits per heavy atom. The first-order valence-electron chi connectivity index (χ1n) is 3.19. The summed E-state index contributed by atoms with van der Waals surface area (Å²) in [5.41, 5.74) is 0. The van der Waals surface area contributed by atoms with Gasteiger partial charge in [-0.15, -0.1) is 12.6 Å². The van der Waals surface area contributed by atoms with E-state index >= 15 is 0 Å². The Kier molecular flexibility index (Phi) is 3.75. The van der Waals surface area contributed by atoms with Gasteiger partial charge in [-0.1, -0.05) is 13.3 Å². The third kappa shape index (κ3) is 3.08. The number of carboxylic acids is 1. The fourth-order valence-electron chi connectivity index (χ4n) is 0.530. The highest BCUT2D eigenvalue weighted by molar-refractivity contribution is 7.82. The molecule has 0 aromatic heterocycles. The highest BCUT2D eigenvalue weighted by Crippen LogP contribution is 2.18. The monoisotopic (exact) mass is 164 g/mol. The molecule has 0 amide bonds. The summed E-state index contributed by atoms with van der Waals surface area (Å²) < 4.78 is 0. The average Bonchev–Trinajstić information content (AvgIpc) is 1.84. The van der Waals surface area contributed by atoms with Gasteiger partial charge in [0.15, 0.2) is 0 Å². The van der Waals surface area contributed by atoms with E-state index in [1.54, 1.807) is 0 Å². The number of carboxylic acid groups (broad SMARTS) is 1.